The van der Waals surface area contributed by atoms with Crippen molar-refractivity contribution >= 4 is 38.1 Å². The number of nitrogens with one attached hydrogen (secondary N) is 2. The number of amides is 1. The lowest BCUT2D eigenvalue weighted by molar-refractivity contribution is -0.140. The Hall–Kier alpha value is -3.58. The molecule has 2 aliphatic heterocycles. The number of nitrogens with zero attached hydrogens (tertiary/aromatic N) is 5. The number of sulfonamides is 1. The molecule has 10 nitrogen and oxygen atoms in total. The molecule has 2 N–H and O–H groups in total. The van der Waals surface area contributed by atoms with Gasteiger partial charge in [-0.05, 0) is 35.9 Å². The highest BCUT2D eigenvalue weighted by atomic mass is 32.2. The SMILES string of the molecule is N#Cc1sc(N2CCN(S(=O)(=O)c3ccc(NC(=O)c4ccc5c(n4)CNC5)cc3)CC2)nc1C(F)(F)F. The van der Waals surface area contributed by atoms with Crippen LogP contribution in [0.15, 0.2) is 41.3 Å². The maximum atomic E-state index is 13.1. The lowest BCUT2D eigenvalue weighted by Crippen LogP contribution is -2.48. The molecule has 38 heavy (non-hydrogen) atoms. The lowest BCUT2D eigenvalue weighted by atomic mass is 10.2. The molecule has 1 saturated heterocycles. The van der Waals surface area contributed by atoms with Crippen molar-refractivity contribution in [2.24, 2.45) is 0 Å². The van der Waals surface area contributed by atoms with E-state index in [0.717, 1.165) is 11.3 Å². The standard InChI is InChI=1S/C23H20F3N7O3S2/c24-23(25,26)20-19(11-27)37-22(31-20)32-7-9-33(10-8-32)38(35,36)16-4-2-15(3-5-16)29-21(34)17-6-1-14-12-28-13-18(14)30-17/h1-6,28H,7-10,12-13H2,(H,29,34). The van der Waals surface area contributed by atoms with Crippen LogP contribution < -0.4 is 15.5 Å². The summed E-state index contributed by atoms with van der Waals surface area (Å²) in [4.78, 5) is 21.5. The van der Waals surface area contributed by atoms with Crippen LogP contribution >= 0.6 is 11.3 Å². The maximum absolute atomic E-state index is 13.1. The van der Waals surface area contributed by atoms with E-state index in [1.54, 1.807) is 6.07 Å². The topological polar surface area (TPSA) is 131 Å². The van der Waals surface area contributed by atoms with Gasteiger partial charge in [0.15, 0.2) is 10.8 Å². The highest BCUT2D eigenvalue weighted by molar-refractivity contribution is 7.89. The molecule has 0 aliphatic carbocycles. The van der Waals surface area contributed by atoms with Crippen LogP contribution in [-0.2, 0) is 29.3 Å². The Morgan fingerprint density at radius 2 is 1.76 bits per heavy atom. The van der Waals surface area contributed by atoms with Crippen molar-refractivity contribution in [1.82, 2.24) is 19.6 Å². The Labute approximate surface area is 219 Å². The number of piperazine rings is 1. The number of anilines is 2. The van der Waals surface area contributed by atoms with E-state index in [1.165, 1.54) is 39.5 Å². The average Bonchev–Trinajstić information content (AvgIpc) is 3.56. The van der Waals surface area contributed by atoms with E-state index in [9.17, 15) is 26.4 Å². The first-order valence-corrected chi connectivity index (χ1v) is 13.7. The third kappa shape index (κ3) is 5.07. The van der Waals surface area contributed by atoms with Gasteiger partial charge in [0.25, 0.3) is 5.91 Å². The summed E-state index contributed by atoms with van der Waals surface area (Å²) in [5, 5.41) is 14.9. The van der Waals surface area contributed by atoms with Gasteiger partial charge in [-0.15, -0.1) is 0 Å². The number of carbonyl (C=O) groups is 1. The molecule has 3 aromatic rings. The first-order valence-electron chi connectivity index (χ1n) is 11.4. The van der Waals surface area contributed by atoms with Gasteiger partial charge in [0.2, 0.25) is 10.0 Å². The molecule has 198 valence electrons. The van der Waals surface area contributed by atoms with E-state index in [4.69, 9.17) is 5.26 Å². The molecule has 1 amide bonds. The summed E-state index contributed by atoms with van der Waals surface area (Å²) < 4.78 is 66.8. The number of benzene rings is 1. The molecule has 4 heterocycles. The van der Waals surface area contributed by atoms with Gasteiger partial charge in [0, 0.05) is 45.0 Å². The number of thiazole rings is 1. The summed E-state index contributed by atoms with van der Waals surface area (Å²) in [5.41, 5.74) is 1.29. The van der Waals surface area contributed by atoms with E-state index < -0.39 is 32.7 Å². The minimum Gasteiger partial charge on any atom is -0.345 e. The predicted molar refractivity (Wildman–Crippen MR) is 132 cm³/mol. The largest absolute Gasteiger partial charge is 0.435 e. The van der Waals surface area contributed by atoms with Crippen LogP contribution in [0.2, 0.25) is 0 Å². The quantitative estimate of drug-likeness (QED) is 0.485. The van der Waals surface area contributed by atoms with Crippen LogP contribution in [-0.4, -0.2) is 54.8 Å². The Bertz CT molecular complexity index is 1530. The highest BCUT2D eigenvalue weighted by Gasteiger charge is 2.39. The zero-order valence-corrected chi connectivity index (χ0v) is 21.3. The van der Waals surface area contributed by atoms with Crippen LogP contribution in [0.25, 0.3) is 0 Å². The van der Waals surface area contributed by atoms with Crippen LogP contribution in [0.5, 0.6) is 0 Å². The number of pyridine rings is 1. The number of rotatable bonds is 5. The van der Waals surface area contributed by atoms with E-state index in [-0.39, 0.29) is 41.9 Å². The van der Waals surface area contributed by atoms with Crippen molar-refractivity contribution in [3.8, 4) is 6.07 Å². The van der Waals surface area contributed by atoms with E-state index in [2.05, 4.69) is 20.6 Å². The first kappa shape index (κ1) is 26.0. The fourth-order valence-corrected chi connectivity index (χ4v) is 6.53. The number of hydrogen-bond donors (Lipinski definition) is 2. The van der Waals surface area contributed by atoms with E-state index >= 15 is 0 Å². The van der Waals surface area contributed by atoms with Crippen molar-refractivity contribution in [3.63, 3.8) is 0 Å². The molecule has 0 saturated carbocycles. The lowest BCUT2D eigenvalue weighted by Gasteiger charge is -2.33. The van der Waals surface area contributed by atoms with Crippen molar-refractivity contribution in [2.45, 2.75) is 24.2 Å². The van der Waals surface area contributed by atoms with E-state index in [1.807, 2.05) is 6.07 Å². The average molecular weight is 564 g/mol. The second-order valence-corrected chi connectivity index (χ2v) is 11.5. The summed E-state index contributed by atoms with van der Waals surface area (Å²) in [6, 6.07) is 10.7. The fourth-order valence-electron chi connectivity index (χ4n) is 4.17. The number of nitriles is 1. The second kappa shape index (κ2) is 9.95. The Balaban J connectivity index is 1.22. The Morgan fingerprint density at radius 3 is 2.39 bits per heavy atom. The number of halogens is 3. The number of hydrogen-bond acceptors (Lipinski definition) is 9. The van der Waals surface area contributed by atoms with Gasteiger partial charge >= 0.3 is 6.18 Å². The zero-order chi connectivity index (χ0) is 27.1. The molecule has 0 spiro atoms. The number of carbonyl (C=O) groups excluding carboxylic acids is 1. The molecular formula is C23H20F3N7O3S2. The monoisotopic (exact) mass is 563 g/mol. The molecule has 2 aliphatic rings. The van der Waals surface area contributed by atoms with Crippen LogP contribution in [0.3, 0.4) is 0 Å². The minimum atomic E-state index is -4.74. The van der Waals surface area contributed by atoms with Gasteiger partial charge in [0.1, 0.15) is 16.6 Å². The summed E-state index contributed by atoms with van der Waals surface area (Å²) in [6.45, 7) is 1.60. The normalized spacial score (nSPS) is 16.2. The molecule has 0 atom stereocenters. The number of alkyl halides is 3. The summed E-state index contributed by atoms with van der Waals surface area (Å²) in [6.07, 6.45) is -4.74. The number of fused-ring (bicyclic) bond motifs is 1. The summed E-state index contributed by atoms with van der Waals surface area (Å²) in [5.74, 6) is -0.415. The van der Waals surface area contributed by atoms with Crippen LogP contribution in [0.4, 0.5) is 24.0 Å². The third-order valence-electron chi connectivity index (χ3n) is 6.15. The molecule has 15 heteroatoms. The van der Waals surface area contributed by atoms with Crippen molar-refractivity contribution < 1.29 is 26.4 Å². The van der Waals surface area contributed by atoms with Crippen LogP contribution in [0, 0.1) is 11.3 Å². The van der Waals surface area contributed by atoms with Gasteiger partial charge in [-0.1, -0.05) is 17.4 Å². The number of aromatic nitrogens is 2. The summed E-state index contributed by atoms with van der Waals surface area (Å²) in [7, 11) is -3.88. The van der Waals surface area contributed by atoms with Gasteiger partial charge in [-0.3, -0.25) is 4.79 Å². The minimum absolute atomic E-state index is 0.0195. The molecule has 1 aromatic carbocycles. The smallest absolute Gasteiger partial charge is 0.345 e. The molecule has 5 rings (SSSR count). The zero-order valence-electron chi connectivity index (χ0n) is 19.6. The third-order valence-corrected chi connectivity index (χ3v) is 9.09. The highest BCUT2D eigenvalue weighted by Crippen LogP contribution is 2.37. The van der Waals surface area contributed by atoms with Gasteiger partial charge in [-0.2, -0.15) is 22.7 Å². The van der Waals surface area contributed by atoms with Crippen molar-refractivity contribution in [2.75, 3.05) is 36.4 Å². The Morgan fingerprint density at radius 1 is 1.05 bits per heavy atom. The molecular weight excluding hydrogens is 543 g/mol. The first-order chi connectivity index (χ1) is 18.1. The van der Waals surface area contributed by atoms with E-state index in [0.29, 0.717) is 30.1 Å². The maximum Gasteiger partial charge on any atom is 0.435 e. The van der Waals surface area contributed by atoms with Gasteiger partial charge in [0.05, 0.1) is 10.6 Å². The molecule has 0 bridgehead atoms. The van der Waals surface area contributed by atoms with Crippen molar-refractivity contribution in [1.29, 1.82) is 5.26 Å². The van der Waals surface area contributed by atoms with Gasteiger partial charge in [-0.25, -0.2) is 18.4 Å². The molecule has 1 fully saturated rings. The second-order valence-electron chi connectivity index (χ2n) is 8.56. The molecule has 0 radical (unpaired) electrons. The fraction of sp³-hybridized carbons (Fsp3) is 0.304. The molecule has 0 unspecified atom stereocenters. The predicted octanol–water partition coefficient (Wildman–Crippen LogP) is 2.79. The van der Waals surface area contributed by atoms with Crippen LogP contribution in [0.1, 0.15) is 32.3 Å². The molecule has 2 aromatic heterocycles. The summed E-state index contributed by atoms with van der Waals surface area (Å²) >= 11 is 0.632. The van der Waals surface area contributed by atoms with Crippen molar-refractivity contribution in [3.05, 3.63) is 63.9 Å². The van der Waals surface area contributed by atoms with Gasteiger partial charge < -0.3 is 15.5 Å². The Kier molecular flexibility index (Phi) is 6.82.